The van der Waals surface area contributed by atoms with Gasteiger partial charge in [-0.15, -0.1) is 0 Å². The molecule has 0 aliphatic rings. The summed E-state index contributed by atoms with van der Waals surface area (Å²) in [4.78, 5) is 33.3. The Morgan fingerprint density at radius 1 is 1.14 bits per heavy atom. The summed E-state index contributed by atoms with van der Waals surface area (Å²) in [5.74, 6) is -4.39. The molecule has 0 aromatic heterocycles. The standard InChI is InChI=1S/C13H15NO7/c15-9-5-1-3-7(11(9)18)12(19)14-8(13(20)21)4-2-6-10(16)17/h1,3,5,8,15,18H,2,4,6H2,(H,14,19)(H,16,17)(H,20,21)/t8-/m1/s1. The summed E-state index contributed by atoms with van der Waals surface area (Å²) in [5, 5.41) is 38.5. The zero-order valence-corrected chi connectivity index (χ0v) is 10.9. The van der Waals surface area contributed by atoms with E-state index in [0.29, 0.717) is 0 Å². The van der Waals surface area contributed by atoms with Crippen LogP contribution in [0.4, 0.5) is 0 Å². The maximum atomic E-state index is 11.9. The van der Waals surface area contributed by atoms with Crippen molar-refractivity contribution in [2.24, 2.45) is 0 Å². The predicted octanol–water partition coefficient (Wildman–Crippen LogP) is 0.536. The van der Waals surface area contributed by atoms with Crippen molar-refractivity contribution >= 4 is 17.8 Å². The molecule has 1 rings (SSSR count). The number of para-hydroxylation sites is 1. The van der Waals surface area contributed by atoms with Crippen LogP contribution in [0.25, 0.3) is 0 Å². The summed E-state index contributed by atoms with van der Waals surface area (Å²) in [5.41, 5.74) is -0.264. The second kappa shape index (κ2) is 7.13. The predicted molar refractivity (Wildman–Crippen MR) is 70.1 cm³/mol. The summed E-state index contributed by atoms with van der Waals surface area (Å²) >= 11 is 0. The van der Waals surface area contributed by atoms with Gasteiger partial charge >= 0.3 is 11.9 Å². The Labute approximate surface area is 119 Å². The minimum Gasteiger partial charge on any atom is -0.504 e. The van der Waals surface area contributed by atoms with E-state index in [-0.39, 0.29) is 24.8 Å². The molecular weight excluding hydrogens is 282 g/mol. The number of aromatic hydroxyl groups is 2. The van der Waals surface area contributed by atoms with E-state index < -0.39 is 35.4 Å². The van der Waals surface area contributed by atoms with Crippen LogP contribution in [0.1, 0.15) is 29.6 Å². The third kappa shape index (κ3) is 4.68. The van der Waals surface area contributed by atoms with Crippen molar-refractivity contribution in [3.05, 3.63) is 23.8 Å². The Bertz CT molecular complexity index is 555. The lowest BCUT2D eigenvalue weighted by Crippen LogP contribution is -2.40. The Morgan fingerprint density at radius 2 is 1.81 bits per heavy atom. The van der Waals surface area contributed by atoms with E-state index in [2.05, 4.69) is 5.32 Å². The molecule has 1 amide bonds. The highest BCUT2D eigenvalue weighted by Crippen LogP contribution is 2.28. The van der Waals surface area contributed by atoms with Gasteiger partial charge in [0.1, 0.15) is 6.04 Å². The molecular formula is C13H15NO7. The summed E-state index contributed by atoms with van der Waals surface area (Å²) in [6.45, 7) is 0. The number of benzene rings is 1. The number of carbonyl (C=O) groups excluding carboxylic acids is 1. The quantitative estimate of drug-likeness (QED) is 0.462. The van der Waals surface area contributed by atoms with Gasteiger partial charge in [0.25, 0.3) is 5.91 Å². The Balaban J connectivity index is 2.74. The van der Waals surface area contributed by atoms with Gasteiger partial charge in [-0.2, -0.15) is 0 Å². The maximum Gasteiger partial charge on any atom is 0.326 e. The highest BCUT2D eigenvalue weighted by atomic mass is 16.4. The molecule has 21 heavy (non-hydrogen) atoms. The lowest BCUT2D eigenvalue weighted by atomic mass is 10.1. The Morgan fingerprint density at radius 3 is 2.38 bits per heavy atom. The van der Waals surface area contributed by atoms with Crippen molar-refractivity contribution < 1.29 is 34.8 Å². The maximum absolute atomic E-state index is 11.9. The number of carboxylic acid groups (broad SMARTS) is 2. The van der Waals surface area contributed by atoms with E-state index in [0.717, 1.165) is 0 Å². The molecule has 114 valence electrons. The van der Waals surface area contributed by atoms with Crippen LogP contribution in [0.3, 0.4) is 0 Å². The van der Waals surface area contributed by atoms with Gasteiger partial charge < -0.3 is 25.7 Å². The number of carbonyl (C=O) groups is 3. The lowest BCUT2D eigenvalue weighted by molar-refractivity contribution is -0.140. The first-order chi connectivity index (χ1) is 9.82. The Kier molecular flexibility index (Phi) is 5.53. The van der Waals surface area contributed by atoms with Crippen LogP contribution < -0.4 is 5.32 Å². The molecule has 0 saturated carbocycles. The molecule has 0 bridgehead atoms. The molecule has 0 aliphatic heterocycles. The van der Waals surface area contributed by atoms with Gasteiger partial charge in [-0.25, -0.2) is 4.79 Å². The van der Waals surface area contributed by atoms with Crippen molar-refractivity contribution in [1.82, 2.24) is 5.32 Å². The third-order valence-corrected chi connectivity index (χ3v) is 2.75. The number of hydrogen-bond donors (Lipinski definition) is 5. The van der Waals surface area contributed by atoms with Crippen LogP contribution in [0.15, 0.2) is 18.2 Å². The topological polar surface area (TPSA) is 144 Å². The first kappa shape index (κ1) is 16.3. The van der Waals surface area contributed by atoms with Crippen molar-refractivity contribution in [3.8, 4) is 11.5 Å². The number of aliphatic carboxylic acids is 2. The molecule has 8 nitrogen and oxygen atoms in total. The van der Waals surface area contributed by atoms with Crippen molar-refractivity contribution in [2.45, 2.75) is 25.3 Å². The molecule has 0 radical (unpaired) electrons. The minimum absolute atomic E-state index is 0.0625. The normalized spacial score (nSPS) is 11.6. The van der Waals surface area contributed by atoms with E-state index in [1.165, 1.54) is 18.2 Å². The van der Waals surface area contributed by atoms with Crippen molar-refractivity contribution in [2.75, 3.05) is 0 Å². The van der Waals surface area contributed by atoms with Gasteiger partial charge in [-0.05, 0) is 25.0 Å². The molecule has 5 N–H and O–H groups in total. The second-order valence-corrected chi connectivity index (χ2v) is 4.32. The SMILES string of the molecule is O=C(O)CCC[C@@H](NC(=O)c1cccc(O)c1O)C(=O)O. The zero-order valence-electron chi connectivity index (χ0n) is 10.9. The second-order valence-electron chi connectivity index (χ2n) is 4.32. The van der Waals surface area contributed by atoms with Gasteiger partial charge in [-0.3, -0.25) is 9.59 Å². The molecule has 0 spiro atoms. The number of nitrogens with one attached hydrogen (secondary N) is 1. The molecule has 0 fully saturated rings. The number of amides is 1. The fourth-order valence-corrected chi connectivity index (χ4v) is 1.67. The average Bonchev–Trinajstić information content (AvgIpc) is 2.40. The summed E-state index contributed by atoms with van der Waals surface area (Å²) < 4.78 is 0. The number of rotatable bonds is 7. The smallest absolute Gasteiger partial charge is 0.326 e. The van der Waals surface area contributed by atoms with Gasteiger partial charge in [0.15, 0.2) is 11.5 Å². The Hall–Kier alpha value is -2.77. The first-order valence-corrected chi connectivity index (χ1v) is 6.09. The molecule has 8 heteroatoms. The monoisotopic (exact) mass is 297 g/mol. The number of hydrogen-bond acceptors (Lipinski definition) is 5. The molecule has 1 aromatic carbocycles. The minimum atomic E-state index is -1.31. The van der Waals surface area contributed by atoms with Crippen LogP contribution >= 0.6 is 0 Å². The third-order valence-electron chi connectivity index (χ3n) is 2.75. The average molecular weight is 297 g/mol. The fourth-order valence-electron chi connectivity index (χ4n) is 1.67. The van der Waals surface area contributed by atoms with E-state index in [1.54, 1.807) is 0 Å². The van der Waals surface area contributed by atoms with Gasteiger partial charge in [0.05, 0.1) is 5.56 Å². The highest BCUT2D eigenvalue weighted by Gasteiger charge is 2.22. The van der Waals surface area contributed by atoms with Gasteiger partial charge in [0, 0.05) is 6.42 Å². The zero-order chi connectivity index (χ0) is 16.0. The fraction of sp³-hybridized carbons (Fsp3) is 0.308. The first-order valence-electron chi connectivity index (χ1n) is 6.09. The molecule has 0 aliphatic carbocycles. The van der Waals surface area contributed by atoms with Gasteiger partial charge in [0.2, 0.25) is 0 Å². The van der Waals surface area contributed by atoms with Crippen molar-refractivity contribution in [3.63, 3.8) is 0 Å². The van der Waals surface area contributed by atoms with Crippen LogP contribution in [-0.2, 0) is 9.59 Å². The van der Waals surface area contributed by atoms with E-state index >= 15 is 0 Å². The number of phenolic OH excluding ortho intramolecular Hbond substituents is 2. The highest BCUT2D eigenvalue weighted by molar-refractivity contribution is 5.99. The molecule has 0 saturated heterocycles. The number of phenols is 2. The molecule has 0 heterocycles. The summed E-state index contributed by atoms with van der Waals surface area (Å²) in [7, 11) is 0. The van der Waals surface area contributed by atoms with Crippen LogP contribution in [0, 0.1) is 0 Å². The van der Waals surface area contributed by atoms with Gasteiger partial charge in [-0.1, -0.05) is 6.07 Å². The molecule has 0 unspecified atom stereocenters. The van der Waals surface area contributed by atoms with Crippen molar-refractivity contribution in [1.29, 1.82) is 0 Å². The molecule has 1 atom stereocenters. The van der Waals surface area contributed by atoms with E-state index in [9.17, 15) is 24.6 Å². The van der Waals surface area contributed by atoms with E-state index in [1.807, 2.05) is 0 Å². The molecule has 1 aromatic rings. The lowest BCUT2D eigenvalue weighted by Gasteiger charge is -2.14. The number of carboxylic acids is 2. The van der Waals surface area contributed by atoms with E-state index in [4.69, 9.17) is 10.2 Å². The van der Waals surface area contributed by atoms with Crippen LogP contribution in [0.2, 0.25) is 0 Å². The summed E-state index contributed by atoms with van der Waals surface area (Å²) in [6.07, 6.45) is -0.192. The van der Waals surface area contributed by atoms with Crippen LogP contribution in [0.5, 0.6) is 11.5 Å². The van der Waals surface area contributed by atoms with Crippen LogP contribution in [-0.4, -0.2) is 44.3 Å². The largest absolute Gasteiger partial charge is 0.504 e. The summed E-state index contributed by atoms with van der Waals surface area (Å²) in [6, 6.07) is 2.44.